The van der Waals surface area contributed by atoms with Crippen molar-refractivity contribution in [2.75, 3.05) is 6.26 Å². The predicted molar refractivity (Wildman–Crippen MR) is 58.5 cm³/mol. The second kappa shape index (κ2) is 3.59. The molecule has 0 amide bonds. The first kappa shape index (κ1) is 10.1. The van der Waals surface area contributed by atoms with Crippen LogP contribution in [0.5, 0.6) is 0 Å². The van der Waals surface area contributed by atoms with Crippen molar-refractivity contribution in [2.45, 2.75) is 12.8 Å². The molecule has 0 atom stereocenters. The van der Waals surface area contributed by atoms with E-state index in [9.17, 15) is 8.42 Å². The third-order valence-corrected chi connectivity index (χ3v) is 2.82. The van der Waals surface area contributed by atoms with E-state index in [2.05, 4.69) is 16.9 Å². The van der Waals surface area contributed by atoms with E-state index in [1.54, 1.807) is 6.07 Å². The van der Waals surface area contributed by atoms with Crippen molar-refractivity contribution in [3.05, 3.63) is 34.7 Å². The molecular weight excluding hydrogens is 210 g/mol. The Morgan fingerprint density at radius 3 is 3.00 bits per heavy atom. The molecule has 0 heterocycles. The van der Waals surface area contributed by atoms with Gasteiger partial charge >= 0.3 is 0 Å². The topological polar surface area (TPSA) is 46.2 Å². The van der Waals surface area contributed by atoms with Gasteiger partial charge in [0.2, 0.25) is 10.0 Å². The third-order valence-electron chi connectivity index (χ3n) is 2.21. The molecule has 0 fully saturated rings. The molecule has 3 nitrogen and oxygen atoms in total. The van der Waals surface area contributed by atoms with Gasteiger partial charge in [-0.3, -0.25) is 4.72 Å². The monoisotopic (exact) mass is 221 g/mol. The first-order valence-corrected chi connectivity index (χ1v) is 6.55. The van der Waals surface area contributed by atoms with Crippen molar-refractivity contribution in [2.24, 2.45) is 0 Å². The summed E-state index contributed by atoms with van der Waals surface area (Å²) in [5, 5.41) is 1.83. The van der Waals surface area contributed by atoms with Crippen LogP contribution in [0.3, 0.4) is 0 Å². The fourth-order valence-corrected chi connectivity index (χ4v) is 2.31. The standard InChI is InChI=1S/C11H11NO2S/c1-15(13,14)12-11-8-4-6-9-5-2-3-7-10(9)11/h3,6-7,12H,4,8H2,1H3. The largest absolute Gasteiger partial charge is 0.287 e. The fraction of sp³-hybridized carbons (Fsp3) is 0.273. The van der Waals surface area contributed by atoms with Crippen LogP contribution >= 0.6 is 0 Å². The van der Waals surface area contributed by atoms with Gasteiger partial charge in [-0.25, -0.2) is 8.42 Å². The summed E-state index contributed by atoms with van der Waals surface area (Å²) >= 11 is 0. The molecule has 78 valence electrons. The highest BCUT2D eigenvalue weighted by Crippen LogP contribution is 2.04. The summed E-state index contributed by atoms with van der Waals surface area (Å²) in [4.78, 5) is 0. The molecule has 0 aromatic heterocycles. The molecule has 1 N–H and O–H groups in total. The van der Waals surface area contributed by atoms with Crippen molar-refractivity contribution in [3.63, 3.8) is 0 Å². The maximum Gasteiger partial charge on any atom is 0.229 e. The molecule has 2 rings (SSSR count). The van der Waals surface area contributed by atoms with E-state index in [-0.39, 0.29) is 0 Å². The van der Waals surface area contributed by atoms with Gasteiger partial charge in [-0.15, -0.1) is 0 Å². The number of rotatable bonds is 2. The van der Waals surface area contributed by atoms with Gasteiger partial charge < -0.3 is 0 Å². The number of hydrogen-bond donors (Lipinski definition) is 1. The van der Waals surface area contributed by atoms with Crippen molar-refractivity contribution < 1.29 is 8.42 Å². The highest BCUT2D eigenvalue weighted by Gasteiger charge is 2.08. The summed E-state index contributed by atoms with van der Waals surface area (Å²) in [7, 11) is -3.19. The van der Waals surface area contributed by atoms with Crippen molar-refractivity contribution >= 4 is 21.8 Å². The van der Waals surface area contributed by atoms with Gasteiger partial charge in [0, 0.05) is 16.1 Å². The molecular formula is C11H11NO2S. The smallest absolute Gasteiger partial charge is 0.229 e. The van der Waals surface area contributed by atoms with Crippen molar-refractivity contribution in [3.8, 4) is 0 Å². The van der Waals surface area contributed by atoms with Crippen LogP contribution in [-0.2, 0) is 10.0 Å². The zero-order chi connectivity index (χ0) is 10.9. The molecule has 0 saturated carbocycles. The van der Waals surface area contributed by atoms with Crippen LogP contribution in [0, 0.1) is 12.1 Å². The van der Waals surface area contributed by atoms with Crippen LogP contribution < -0.4 is 15.2 Å². The minimum atomic E-state index is -3.19. The highest BCUT2D eigenvalue weighted by atomic mass is 32.2. The molecule has 1 aromatic rings. The van der Waals surface area contributed by atoms with E-state index in [1.807, 2.05) is 12.1 Å². The average molecular weight is 221 g/mol. The Bertz CT molecular complexity index is 587. The quantitative estimate of drug-likeness (QED) is 0.733. The van der Waals surface area contributed by atoms with Crippen molar-refractivity contribution in [1.82, 2.24) is 4.72 Å². The molecule has 0 aliphatic heterocycles. The van der Waals surface area contributed by atoms with E-state index >= 15 is 0 Å². The lowest BCUT2D eigenvalue weighted by atomic mass is 10.1. The highest BCUT2D eigenvalue weighted by molar-refractivity contribution is 7.89. The Kier molecular flexibility index (Phi) is 2.41. The van der Waals surface area contributed by atoms with E-state index in [0.29, 0.717) is 0 Å². The minimum Gasteiger partial charge on any atom is -0.287 e. The zero-order valence-electron chi connectivity index (χ0n) is 8.37. The Hall–Kier alpha value is -1.47. The lowest BCUT2D eigenvalue weighted by molar-refractivity contribution is 0.596. The van der Waals surface area contributed by atoms with Crippen LogP contribution in [-0.4, -0.2) is 14.7 Å². The summed E-state index contributed by atoms with van der Waals surface area (Å²) in [6.07, 6.45) is 4.76. The van der Waals surface area contributed by atoms with Crippen LogP contribution in [0.4, 0.5) is 0 Å². The van der Waals surface area contributed by atoms with Gasteiger partial charge in [-0.05, 0) is 25.0 Å². The summed E-state index contributed by atoms with van der Waals surface area (Å²) < 4.78 is 24.8. The van der Waals surface area contributed by atoms with Gasteiger partial charge in [0.15, 0.2) is 0 Å². The lowest BCUT2D eigenvalue weighted by Crippen LogP contribution is -2.35. The molecule has 0 bridgehead atoms. The Morgan fingerprint density at radius 2 is 2.27 bits per heavy atom. The molecule has 0 saturated heterocycles. The van der Waals surface area contributed by atoms with E-state index in [1.165, 1.54) is 0 Å². The Labute approximate surface area is 89.2 Å². The summed E-state index contributed by atoms with van der Waals surface area (Å²) in [6, 6.07) is 9.42. The first-order chi connectivity index (χ1) is 7.06. The van der Waals surface area contributed by atoms with Crippen molar-refractivity contribution in [1.29, 1.82) is 0 Å². The molecule has 4 heteroatoms. The average Bonchev–Trinajstić information content (AvgIpc) is 2.16. The number of hydrogen-bond acceptors (Lipinski definition) is 2. The summed E-state index contributed by atoms with van der Waals surface area (Å²) in [5.41, 5.74) is 0.750. The minimum absolute atomic E-state index is 0.720. The first-order valence-electron chi connectivity index (χ1n) is 4.66. The molecule has 1 aliphatic carbocycles. The van der Waals surface area contributed by atoms with Crippen LogP contribution in [0.2, 0.25) is 0 Å². The van der Waals surface area contributed by atoms with E-state index in [0.717, 1.165) is 35.2 Å². The Balaban J connectivity index is 2.62. The second-order valence-electron chi connectivity index (χ2n) is 3.53. The summed E-state index contributed by atoms with van der Waals surface area (Å²) in [5.74, 6) is 0. The van der Waals surface area contributed by atoms with E-state index < -0.39 is 10.0 Å². The molecule has 0 spiro atoms. The summed E-state index contributed by atoms with van der Waals surface area (Å²) in [6.45, 7) is 0. The van der Waals surface area contributed by atoms with E-state index in [4.69, 9.17) is 0 Å². The normalized spacial score (nSPS) is 14.9. The lowest BCUT2D eigenvalue weighted by Gasteiger charge is -2.11. The number of sulfonamides is 1. The molecule has 15 heavy (non-hydrogen) atoms. The van der Waals surface area contributed by atoms with Crippen LogP contribution in [0.25, 0.3) is 11.8 Å². The fourth-order valence-electron chi connectivity index (χ4n) is 1.65. The predicted octanol–water partition coefficient (Wildman–Crippen LogP) is -0.481. The number of nitrogens with one attached hydrogen (secondary N) is 1. The van der Waals surface area contributed by atoms with Gasteiger partial charge in [0.05, 0.1) is 6.26 Å². The molecule has 0 radical (unpaired) electrons. The van der Waals surface area contributed by atoms with Gasteiger partial charge in [-0.2, -0.15) is 0 Å². The second-order valence-corrected chi connectivity index (χ2v) is 5.27. The SMILES string of the molecule is CS(=O)(=O)NC1=c2ccc#cc2=CCC1. The third kappa shape index (κ3) is 2.31. The van der Waals surface area contributed by atoms with Crippen LogP contribution in [0.1, 0.15) is 12.8 Å². The van der Waals surface area contributed by atoms with Gasteiger partial charge in [0.1, 0.15) is 0 Å². The van der Waals surface area contributed by atoms with Gasteiger partial charge in [0.25, 0.3) is 0 Å². The van der Waals surface area contributed by atoms with Crippen LogP contribution in [0.15, 0.2) is 12.1 Å². The Morgan fingerprint density at radius 1 is 1.47 bits per heavy atom. The number of fused-ring (bicyclic) bond motifs is 1. The molecule has 0 unspecified atom stereocenters. The van der Waals surface area contributed by atoms with Gasteiger partial charge in [-0.1, -0.05) is 18.2 Å². The zero-order valence-corrected chi connectivity index (χ0v) is 9.19. The molecule has 1 aliphatic rings. The maximum atomic E-state index is 11.1. The molecule has 1 aromatic carbocycles. The maximum absolute atomic E-state index is 11.1.